The molecule has 0 aliphatic carbocycles. The maximum Gasteiger partial charge on any atom is 0.411 e. The summed E-state index contributed by atoms with van der Waals surface area (Å²) in [5.74, 6) is 0.171. The Balaban J connectivity index is 1.95. The highest BCUT2D eigenvalue weighted by atomic mass is 35.5. The number of nitro groups is 1. The molecular formula is C16H16ClN3O4S2. The number of carbonyl (C=O) groups is 1. The second-order valence-electron chi connectivity index (χ2n) is 5.29. The van der Waals surface area contributed by atoms with Crippen molar-refractivity contribution in [1.29, 1.82) is 0 Å². The molecular weight excluding hydrogens is 398 g/mol. The number of nitrogens with zero attached hydrogens (tertiary/aromatic N) is 3. The van der Waals surface area contributed by atoms with Crippen molar-refractivity contribution >= 4 is 50.8 Å². The van der Waals surface area contributed by atoms with Crippen LogP contribution in [-0.2, 0) is 5.88 Å². The molecule has 1 heterocycles. The van der Waals surface area contributed by atoms with Crippen LogP contribution in [0, 0.1) is 10.1 Å². The van der Waals surface area contributed by atoms with Gasteiger partial charge in [0.1, 0.15) is 0 Å². The van der Waals surface area contributed by atoms with Gasteiger partial charge in [-0.2, -0.15) is 0 Å². The molecule has 0 aliphatic rings. The number of pyridine rings is 1. The summed E-state index contributed by atoms with van der Waals surface area (Å²) in [6, 6.07) is 10.0. The molecule has 0 saturated heterocycles. The second kappa shape index (κ2) is 9.65. The van der Waals surface area contributed by atoms with E-state index in [1.807, 2.05) is 6.92 Å². The highest BCUT2D eigenvalue weighted by Gasteiger charge is 2.18. The molecule has 138 valence electrons. The highest BCUT2D eigenvalue weighted by Crippen LogP contribution is 2.35. The lowest BCUT2D eigenvalue weighted by atomic mass is 10.2. The first-order chi connectivity index (χ1) is 12.4. The molecule has 1 N–H and O–H groups in total. The third-order valence-electron chi connectivity index (χ3n) is 3.29. The average Bonchev–Trinajstić information content (AvgIpc) is 2.64. The van der Waals surface area contributed by atoms with E-state index in [0.717, 1.165) is 10.5 Å². The van der Waals surface area contributed by atoms with Crippen LogP contribution in [0.5, 0.6) is 0 Å². The zero-order valence-electron chi connectivity index (χ0n) is 13.7. The third kappa shape index (κ3) is 5.79. The SMILES string of the molecule is C[C@H](CN(C(=O)O)c1ccc(CCl)cc1)SSc1ccc([N+](=O)[O-])nc1. The van der Waals surface area contributed by atoms with Gasteiger partial charge < -0.3 is 15.2 Å². The summed E-state index contributed by atoms with van der Waals surface area (Å²) in [6.45, 7) is 2.22. The van der Waals surface area contributed by atoms with Gasteiger partial charge in [0.25, 0.3) is 0 Å². The van der Waals surface area contributed by atoms with E-state index in [9.17, 15) is 20.0 Å². The van der Waals surface area contributed by atoms with E-state index in [0.29, 0.717) is 18.1 Å². The van der Waals surface area contributed by atoms with E-state index in [2.05, 4.69) is 4.98 Å². The second-order valence-corrected chi connectivity index (χ2v) is 8.27. The number of amides is 1. The number of carboxylic acid groups (broad SMARTS) is 1. The van der Waals surface area contributed by atoms with Gasteiger partial charge in [-0.15, -0.1) is 11.6 Å². The van der Waals surface area contributed by atoms with Gasteiger partial charge in [-0.05, 0) is 33.7 Å². The quantitative estimate of drug-likeness (QED) is 0.280. The molecule has 1 aromatic carbocycles. The van der Waals surface area contributed by atoms with Crippen molar-refractivity contribution in [3.8, 4) is 0 Å². The fourth-order valence-corrected chi connectivity index (χ4v) is 4.20. The lowest BCUT2D eigenvalue weighted by Crippen LogP contribution is -2.34. The molecule has 0 radical (unpaired) electrons. The molecule has 0 fully saturated rings. The standard InChI is InChI=1S/C16H16ClN3O4S2/c1-11(25-26-14-6-7-15(18-9-14)20(23)24)10-19(16(21)22)13-4-2-12(8-17)3-5-13/h2-7,9,11H,8,10H2,1H3,(H,21,22)/t11-/m1/s1. The van der Waals surface area contributed by atoms with Gasteiger partial charge in [0, 0.05) is 29.4 Å². The normalized spacial score (nSPS) is 11.8. The summed E-state index contributed by atoms with van der Waals surface area (Å²) in [7, 11) is 2.87. The van der Waals surface area contributed by atoms with Crippen molar-refractivity contribution in [3.63, 3.8) is 0 Å². The number of rotatable bonds is 8. The van der Waals surface area contributed by atoms with Gasteiger partial charge in [-0.3, -0.25) is 4.90 Å². The predicted octanol–water partition coefficient (Wildman–Crippen LogP) is 5.04. The molecule has 0 bridgehead atoms. The molecule has 0 aliphatic heterocycles. The number of halogens is 1. The van der Waals surface area contributed by atoms with Crippen molar-refractivity contribution in [2.45, 2.75) is 22.9 Å². The topological polar surface area (TPSA) is 96.6 Å². The summed E-state index contributed by atoms with van der Waals surface area (Å²) in [4.78, 5) is 27.4. The van der Waals surface area contributed by atoms with Crippen molar-refractivity contribution in [3.05, 3.63) is 58.3 Å². The molecule has 0 saturated carbocycles. The summed E-state index contributed by atoms with van der Waals surface area (Å²) in [5, 5.41) is 20.1. The minimum Gasteiger partial charge on any atom is -0.465 e. The first-order valence-electron chi connectivity index (χ1n) is 7.50. The summed E-state index contributed by atoms with van der Waals surface area (Å²) < 4.78 is 0. The van der Waals surface area contributed by atoms with Crippen LogP contribution in [0.1, 0.15) is 12.5 Å². The van der Waals surface area contributed by atoms with Crippen molar-refractivity contribution in [2.75, 3.05) is 11.4 Å². The molecule has 1 amide bonds. The van der Waals surface area contributed by atoms with Crippen molar-refractivity contribution in [1.82, 2.24) is 4.98 Å². The maximum atomic E-state index is 11.6. The number of aromatic nitrogens is 1. The Bertz CT molecular complexity index is 759. The van der Waals surface area contributed by atoms with Crippen LogP contribution in [0.3, 0.4) is 0 Å². The van der Waals surface area contributed by atoms with Gasteiger partial charge in [0.05, 0.1) is 4.90 Å². The molecule has 0 spiro atoms. The molecule has 2 aromatic rings. The Morgan fingerprint density at radius 1 is 1.35 bits per heavy atom. The Morgan fingerprint density at radius 2 is 2.04 bits per heavy atom. The Labute approximate surface area is 163 Å². The van der Waals surface area contributed by atoms with Crippen LogP contribution in [0.4, 0.5) is 16.3 Å². The van der Waals surface area contributed by atoms with Crippen LogP contribution in [0.2, 0.25) is 0 Å². The van der Waals surface area contributed by atoms with E-state index < -0.39 is 11.0 Å². The van der Waals surface area contributed by atoms with E-state index in [4.69, 9.17) is 11.6 Å². The van der Waals surface area contributed by atoms with E-state index in [-0.39, 0.29) is 11.1 Å². The first kappa shape index (κ1) is 20.3. The van der Waals surface area contributed by atoms with Crippen molar-refractivity contribution < 1.29 is 14.8 Å². The molecule has 7 nitrogen and oxygen atoms in total. The van der Waals surface area contributed by atoms with Crippen molar-refractivity contribution in [2.24, 2.45) is 0 Å². The Morgan fingerprint density at radius 3 is 2.54 bits per heavy atom. The molecule has 1 atom stereocenters. The average molecular weight is 414 g/mol. The van der Waals surface area contributed by atoms with Crippen LogP contribution < -0.4 is 4.90 Å². The number of anilines is 1. The summed E-state index contributed by atoms with van der Waals surface area (Å²) in [6.07, 6.45) is 0.403. The zero-order chi connectivity index (χ0) is 19.1. The number of hydrogen-bond acceptors (Lipinski definition) is 6. The molecule has 26 heavy (non-hydrogen) atoms. The number of hydrogen-bond donors (Lipinski definition) is 1. The van der Waals surface area contributed by atoms with E-state index in [1.54, 1.807) is 30.3 Å². The molecule has 0 unspecified atom stereocenters. The van der Waals surface area contributed by atoms with Crippen LogP contribution in [0.15, 0.2) is 47.5 Å². The molecule has 1 aromatic heterocycles. The number of alkyl halides is 1. The minimum atomic E-state index is -1.03. The first-order valence-corrected chi connectivity index (χ1v) is 10.2. The lowest BCUT2D eigenvalue weighted by Gasteiger charge is -2.22. The van der Waals surface area contributed by atoms with Crippen LogP contribution in [0.25, 0.3) is 0 Å². The molecule has 2 rings (SSSR count). The molecule has 10 heteroatoms. The van der Waals surface area contributed by atoms with Crippen LogP contribution >= 0.6 is 33.2 Å². The van der Waals surface area contributed by atoms with Crippen LogP contribution in [-0.4, -0.2) is 32.9 Å². The van der Waals surface area contributed by atoms with Gasteiger partial charge in [0.15, 0.2) is 6.20 Å². The summed E-state index contributed by atoms with van der Waals surface area (Å²) in [5.41, 5.74) is 1.50. The zero-order valence-corrected chi connectivity index (χ0v) is 16.1. The largest absolute Gasteiger partial charge is 0.465 e. The monoisotopic (exact) mass is 413 g/mol. The van der Waals surface area contributed by atoms with Gasteiger partial charge in [-0.1, -0.05) is 40.6 Å². The Hall–Kier alpha value is -1.97. The lowest BCUT2D eigenvalue weighted by molar-refractivity contribution is -0.389. The highest BCUT2D eigenvalue weighted by molar-refractivity contribution is 8.76. The number of benzene rings is 1. The van der Waals surface area contributed by atoms with E-state index >= 15 is 0 Å². The summed E-state index contributed by atoms with van der Waals surface area (Å²) >= 11 is 5.75. The maximum absolute atomic E-state index is 11.6. The Kier molecular flexibility index (Phi) is 7.55. The van der Waals surface area contributed by atoms with E-state index in [1.165, 1.54) is 38.8 Å². The predicted molar refractivity (Wildman–Crippen MR) is 105 cm³/mol. The third-order valence-corrected chi connectivity index (χ3v) is 6.46. The van der Waals surface area contributed by atoms with Gasteiger partial charge in [0.2, 0.25) is 0 Å². The minimum absolute atomic E-state index is 0.0148. The fraction of sp³-hybridized carbons (Fsp3) is 0.250. The van der Waals surface area contributed by atoms with Gasteiger partial charge >= 0.3 is 11.9 Å². The fourth-order valence-electron chi connectivity index (χ4n) is 2.01. The smallest absolute Gasteiger partial charge is 0.411 e. The van der Waals surface area contributed by atoms with Gasteiger partial charge in [-0.25, -0.2) is 4.79 Å².